The van der Waals surface area contributed by atoms with E-state index in [0.717, 1.165) is 12.1 Å². The van der Waals surface area contributed by atoms with Crippen LogP contribution in [0, 0.1) is 17.5 Å². The monoisotopic (exact) mass is 512 g/mol. The highest BCUT2D eigenvalue weighted by atomic mass is 19.2. The van der Waals surface area contributed by atoms with E-state index in [0.29, 0.717) is 16.7 Å². The summed E-state index contributed by atoms with van der Waals surface area (Å²) in [5.41, 5.74) is 6.41. The Kier molecular flexibility index (Phi) is 8.37. The zero-order valence-electron chi connectivity index (χ0n) is 20.4. The van der Waals surface area contributed by atoms with Crippen LogP contribution in [0.25, 0.3) is 11.1 Å². The van der Waals surface area contributed by atoms with Crippen molar-refractivity contribution < 1.29 is 32.7 Å². The van der Waals surface area contributed by atoms with Gasteiger partial charge < -0.3 is 15.7 Å². The standard InChI is InChI=1S/C28H27F3N2O4/c1-28(2,16-17-3-10-21(29)11-4-17)33(24(26(32)36)13-14-25(34)35)27(37)19-7-5-18(6-8-19)20-9-12-22(30)23(31)15-20/h3-12,15,24H,13-14,16H2,1-2H3,(H2,32,36)(H,34,35)/t24-/m0/s1. The van der Waals surface area contributed by atoms with Crippen LogP contribution in [0.15, 0.2) is 66.7 Å². The molecule has 0 heterocycles. The minimum atomic E-state index is -1.23. The molecular weight excluding hydrogens is 485 g/mol. The summed E-state index contributed by atoms with van der Waals surface area (Å²) in [5.74, 6) is -4.99. The maximum absolute atomic E-state index is 13.8. The molecule has 0 aromatic heterocycles. The van der Waals surface area contributed by atoms with Crippen LogP contribution in [-0.2, 0) is 16.0 Å². The Morgan fingerprint density at radius 2 is 1.49 bits per heavy atom. The van der Waals surface area contributed by atoms with Crippen LogP contribution in [0.2, 0.25) is 0 Å². The zero-order chi connectivity index (χ0) is 27.3. The molecule has 3 aromatic rings. The third kappa shape index (κ3) is 6.75. The Hall–Kier alpha value is -4.14. The van der Waals surface area contributed by atoms with Crippen molar-refractivity contribution in [3.8, 4) is 11.1 Å². The highest BCUT2D eigenvalue weighted by molar-refractivity contribution is 5.98. The highest BCUT2D eigenvalue weighted by Gasteiger charge is 2.39. The molecule has 0 saturated carbocycles. The zero-order valence-corrected chi connectivity index (χ0v) is 20.4. The van der Waals surface area contributed by atoms with Crippen molar-refractivity contribution in [1.29, 1.82) is 0 Å². The highest BCUT2D eigenvalue weighted by Crippen LogP contribution is 2.29. The lowest BCUT2D eigenvalue weighted by Gasteiger charge is -2.43. The van der Waals surface area contributed by atoms with E-state index in [4.69, 9.17) is 5.73 Å². The molecule has 3 aromatic carbocycles. The maximum atomic E-state index is 13.8. The van der Waals surface area contributed by atoms with Gasteiger partial charge in [0.25, 0.3) is 5.91 Å². The number of carboxylic acid groups (broad SMARTS) is 1. The number of carbonyl (C=O) groups is 3. The van der Waals surface area contributed by atoms with Gasteiger partial charge in [-0.3, -0.25) is 14.4 Å². The van der Waals surface area contributed by atoms with Gasteiger partial charge in [-0.15, -0.1) is 0 Å². The summed E-state index contributed by atoms with van der Waals surface area (Å²) < 4.78 is 40.4. The van der Waals surface area contributed by atoms with Gasteiger partial charge in [0.1, 0.15) is 11.9 Å². The first-order valence-electron chi connectivity index (χ1n) is 11.5. The van der Waals surface area contributed by atoms with Crippen molar-refractivity contribution in [1.82, 2.24) is 4.90 Å². The predicted octanol–water partition coefficient (Wildman–Crippen LogP) is 4.95. The second kappa shape index (κ2) is 11.3. The molecule has 0 bridgehead atoms. The van der Waals surface area contributed by atoms with Crippen molar-refractivity contribution in [3.63, 3.8) is 0 Å². The molecule has 3 rings (SSSR count). The topological polar surface area (TPSA) is 101 Å². The molecule has 0 saturated heterocycles. The molecule has 194 valence electrons. The second-order valence-electron chi connectivity index (χ2n) is 9.35. The first kappa shape index (κ1) is 27.4. The molecule has 0 aliphatic carbocycles. The van der Waals surface area contributed by atoms with E-state index in [9.17, 15) is 32.7 Å². The average molecular weight is 513 g/mol. The Morgan fingerprint density at radius 1 is 0.892 bits per heavy atom. The third-order valence-corrected chi connectivity index (χ3v) is 6.08. The van der Waals surface area contributed by atoms with Gasteiger partial charge in [0.15, 0.2) is 11.6 Å². The molecular formula is C28H27F3N2O4. The number of hydrogen-bond acceptors (Lipinski definition) is 3. The van der Waals surface area contributed by atoms with Crippen LogP contribution >= 0.6 is 0 Å². The molecule has 0 radical (unpaired) electrons. The van der Waals surface area contributed by atoms with Crippen molar-refractivity contribution >= 4 is 17.8 Å². The number of amides is 2. The number of benzene rings is 3. The Balaban J connectivity index is 1.99. The normalized spacial score (nSPS) is 12.1. The first-order chi connectivity index (χ1) is 17.4. The van der Waals surface area contributed by atoms with E-state index >= 15 is 0 Å². The second-order valence-corrected chi connectivity index (χ2v) is 9.35. The van der Waals surface area contributed by atoms with Gasteiger partial charge in [-0.2, -0.15) is 0 Å². The Morgan fingerprint density at radius 3 is 2.03 bits per heavy atom. The fourth-order valence-corrected chi connectivity index (χ4v) is 4.30. The van der Waals surface area contributed by atoms with E-state index in [2.05, 4.69) is 0 Å². The quantitative estimate of drug-likeness (QED) is 0.401. The van der Waals surface area contributed by atoms with Crippen LogP contribution in [0.3, 0.4) is 0 Å². The fraction of sp³-hybridized carbons (Fsp3) is 0.250. The molecule has 0 aliphatic rings. The Bertz CT molecular complexity index is 1290. The molecule has 6 nitrogen and oxygen atoms in total. The molecule has 3 N–H and O–H groups in total. The van der Waals surface area contributed by atoms with Crippen LogP contribution in [-0.4, -0.2) is 39.4 Å². The first-order valence-corrected chi connectivity index (χ1v) is 11.5. The van der Waals surface area contributed by atoms with Gasteiger partial charge in [-0.25, -0.2) is 13.2 Å². The van der Waals surface area contributed by atoms with E-state index in [1.807, 2.05) is 0 Å². The minimum absolute atomic E-state index is 0.181. The average Bonchev–Trinajstić information content (AvgIpc) is 2.84. The summed E-state index contributed by atoms with van der Waals surface area (Å²) in [4.78, 5) is 38.7. The number of carbonyl (C=O) groups excluding carboxylic acids is 2. The van der Waals surface area contributed by atoms with Crippen molar-refractivity contribution in [3.05, 3.63) is 95.3 Å². The number of hydrogen-bond donors (Lipinski definition) is 2. The van der Waals surface area contributed by atoms with Crippen LogP contribution in [0.1, 0.15) is 42.6 Å². The van der Waals surface area contributed by atoms with E-state index in [1.54, 1.807) is 38.1 Å². The molecule has 0 fully saturated rings. The summed E-state index contributed by atoms with van der Waals surface area (Å²) in [5, 5.41) is 9.18. The lowest BCUT2D eigenvalue weighted by atomic mass is 9.89. The van der Waals surface area contributed by atoms with Gasteiger partial charge in [-0.1, -0.05) is 30.3 Å². The summed E-state index contributed by atoms with van der Waals surface area (Å²) in [7, 11) is 0. The number of nitrogens with zero attached hydrogens (tertiary/aromatic N) is 1. The molecule has 1 atom stereocenters. The lowest BCUT2D eigenvalue weighted by Crippen LogP contribution is -2.58. The van der Waals surface area contributed by atoms with E-state index in [-0.39, 0.29) is 24.8 Å². The molecule has 0 unspecified atom stereocenters. The van der Waals surface area contributed by atoms with Gasteiger partial charge in [-0.05, 0) is 79.8 Å². The van der Waals surface area contributed by atoms with Gasteiger partial charge >= 0.3 is 5.97 Å². The predicted molar refractivity (Wildman–Crippen MR) is 132 cm³/mol. The summed E-state index contributed by atoms with van der Waals surface area (Å²) >= 11 is 0. The van der Waals surface area contributed by atoms with E-state index < -0.39 is 46.8 Å². The largest absolute Gasteiger partial charge is 0.481 e. The van der Waals surface area contributed by atoms with Gasteiger partial charge in [0, 0.05) is 17.5 Å². The van der Waals surface area contributed by atoms with Crippen LogP contribution in [0.4, 0.5) is 13.2 Å². The Labute approximate surface area is 212 Å². The van der Waals surface area contributed by atoms with Crippen molar-refractivity contribution in [2.75, 3.05) is 0 Å². The van der Waals surface area contributed by atoms with Gasteiger partial charge in [0.2, 0.25) is 5.91 Å². The molecule has 0 aliphatic heterocycles. The summed E-state index contributed by atoms with van der Waals surface area (Å²) in [6.07, 6.45) is -0.363. The van der Waals surface area contributed by atoms with Gasteiger partial charge in [0.05, 0.1) is 0 Å². The van der Waals surface area contributed by atoms with E-state index in [1.165, 1.54) is 35.2 Å². The number of nitrogens with two attached hydrogens (primary N) is 1. The number of halogens is 3. The molecule has 37 heavy (non-hydrogen) atoms. The number of carboxylic acids is 1. The minimum Gasteiger partial charge on any atom is -0.481 e. The lowest BCUT2D eigenvalue weighted by molar-refractivity contribution is -0.137. The fourth-order valence-electron chi connectivity index (χ4n) is 4.30. The number of aliphatic carboxylic acids is 1. The third-order valence-electron chi connectivity index (χ3n) is 6.08. The number of rotatable bonds is 10. The van der Waals surface area contributed by atoms with Crippen molar-refractivity contribution in [2.24, 2.45) is 5.73 Å². The maximum Gasteiger partial charge on any atom is 0.303 e. The summed E-state index contributed by atoms with van der Waals surface area (Å²) in [6, 6.07) is 14.0. The molecule has 2 amide bonds. The van der Waals surface area contributed by atoms with Crippen molar-refractivity contribution in [2.45, 2.75) is 44.7 Å². The smallest absolute Gasteiger partial charge is 0.303 e. The summed E-state index contributed by atoms with van der Waals surface area (Å²) in [6.45, 7) is 3.42. The molecule has 0 spiro atoms. The number of primary amides is 1. The van der Waals surface area contributed by atoms with Crippen LogP contribution < -0.4 is 5.73 Å². The van der Waals surface area contributed by atoms with Crippen LogP contribution in [0.5, 0.6) is 0 Å². The SMILES string of the molecule is CC(C)(Cc1ccc(F)cc1)N(C(=O)c1ccc(-c2ccc(F)c(F)c2)cc1)[C@@H](CCC(=O)O)C(N)=O. The molecule has 9 heteroatoms.